The molecule has 0 spiro atoms. The Kier molecular flexibility index (Phi) is 6.68. The molecule has 0 aromatic heterocycles. The van der Waals surface area contributed by atoms with E-state index in [1.165, 1.54) is 4.90 Å². The molecule has 0 radical (unpaired) electrons. The first-order valence-corrected chi connectivity index (χ1v) is 6.79. The van der Waals surface area contributed by atoms with Crippen molar-refractivity contribution < 1.29 is 14.4 Å². The van der Waals surface area contributed by atoms with E-state index >= 15 is 0 Å². The van der Waals surface area contributed by atoms with Crippen LogP contribution >= 0.6 is 11.6 Å². The van der Waals surface area contributed by atoms with Crippen LogP contribution in [0.1, 0.15) is 16.8 Å². The number of halogens is 1. The zero-order valence-corrected chi connectivity index (χ0v) is 12.7. The van der Waals surface area contributed by atoms with Crippen molar-refractivity contribution in [3.05, 3.63) is 34.9 Å². The van der Waals surface area contributed by atoms with Crippen LogP contribution in [-0.2, 0) is 9.59 Å². The van der Waals surface area contributed by atoms with Gasteiger partial charge < -0.3 is 15.5 Å². The van der Waals surface area contributed by atoms with Crippen molar-refractivity contribution in [1.82, 2.24) is 15.5 Å². The molecule has 1 aromatic carbocycles. The Balaban J connectivity index is 2.30. The lowest BCUT2D eigenvalue weighted by atomic mass is 10.2. The van der Waals surface area contributed by atoms with Crippen LogP contribution in [0.3, 0.4) is 0 Å². The number of carbonyl (C=O) groups is 3. The standard InChI is InChI=1S/C14H18ClN3O3/c1-18(2)13(20)9-17-12(19)7-8-16-14(21)10-5-3-4-6-11(10)15/h3-6H,7-9H2,1-2H3,(H,16,21)(H,17,19). The van der Waals surface area contributed by atoms with Crippen molar-refractivity contribution >= 4 is 29.3 Å². The summed E-state index contributed by atoms with van der Waals surface area (Å²) in [5.41, 5.74) is 0.363. The van der Waals surface area contributed by atoms with Crippen LogP contribution < -0.4 is 10.6 Å². The Morgan fingerprint density at radius 3 is 2.43 bits per heavy atom. The van der Waals surface area contributed by atoms with Gasteiger partial charge in [-0.3, -0.25) is 14.4 Å². The average Bonchev–Trinajstić information content (AvgIpc) is 2.44. The first-order chi connectivity index (χ1) is 9.91. The summed E-state index contributed by atoms with van der Waals surface area (Å²) in [6, 6.07) is 6.66. The van der Waals surface area contributed by atoms with Gasteiger partial charge in [0, 0.05) is 27.1 Å². The molecular formula is C14H18ClN3O3. The van der Waals surface area contributed by atoms with Gasteiger partial charge in [0.25, 0.3) is 5.91 Å². The van der Waals surface area contributed by atoms with Gasteiger partial charge in [-0.15, -0.1) is 0 Å². The number of likely N-dealkylation sites (N-methyl/N-ethyl adjacent to an activating group) is 1. The van der Waals surface area contributed by atoms with E-state index in [0.717, 1.165) is 0 Å². The largest absolute Gasteiger partial charge is 0.351 e. The van der Waals surface area contributed by atoms with Crippen molar-refractivity contribution in [2.75, 3.05) is 27.2 Å². The molecule has 2 N–H and O–H groups in total. The van der Waals surface area contributed by atoms with Crippen LogP contribution in [0.5, 0.6) is 0 Å². The van der Waals surface area contributed by atoms with Gasteiger partial charge in [-0.25, -0.2) is 0 Å². The van der Waals surface area contributed by atoms with E-state index in [1.54, 1.807) is 38.4 Å². The van der Waals surface area contributed by atoms with E-state index < -0.39 is 0 Å². The molecule has 0 aliphatic rings. The second kappa shape index (κ2) is 8.26. The second-order valence-corrected chi connectivity index (χ2v) is 4.96. The molecule has 0 fully saturated rings. The van der Waals surface area contributed by atoms with Gasteiger partial charge in [0.15, 0.2) is 0 Å². The lowest BCUT2D eigenvalue weighted by Crippen LogP contribution is -2.37. The molecule has 0 unspecified atom stereocenters. The summed E-state index contributed by atoms with van der Waals surface area (Å²) >= 11 is 5.89. The molecule has 1 rings (SSSR count). The minimum Gasteiger partial charge on any atom is -0.351 e. The number of rotatable bonds is 6. The summed E-state index contributed by atoms with van der Waals surface area (Å²) in [4.78, 5) is 36.0. The minimum absolute atomic E-state index is 0.0513. The minimum atomic E-state index is -0.335. The quantitative estimate of drug-likeness (QED) is 0.810. The molecule has 0 aliphatic heterocycles. The van der Waals surface area contributed by atoms with Crippen molar-refractivity contribution in [1.29, 1.82) is 0 Å². The fourth-order valence-corrected chi connectivity index (χ4v) is 1.67. The molecule has 0 heterocycles. The fraction of sp³-hybridized carbons (Fsp3) is 0.357. The first-order valence-electron chi connectivity index (χ1n) is 6.41. The molecule has 1 aromatic rings. The Morgan fingerprint density at radius 1 is 1.14 bits per heavy atom. The van der Waals surface area contributed by atoms with Gasteiger partial charge in [-0.05, 0) is 12.1 Å². The molecule has 7 heteroatoms. The van der Waals surface area contributed by atoms with Crippen molar-refractivity contribution in [2.45, 2.75) is 6.42 Å². The highest BCUT2D eigenvalue weighted by molar-refractivity contribution is 6.33. The molecule has 3 amide bonds. The molecule has 6 nitrogen and oxygen atoms in total. The van der Waals surface area contributed by atoms with Crippen LogP contribution in [0.15, 0.2) is 24.3 Å². The lowest BCUT2D eigenvalue weighted by Gasteiger charge is -2.11. The predicted molar refractivity (Wildman–Crippen MR) is 80.1 cm³/mol. The van der Waals surface area contributed by atoms with Gasteiger partial charge in [-0.1, -0.05) is 23.7 Å². The van der Waals surface area contributed by atoms with E-state index in [-0.39, 0.29) is 37.2 Å². The van der Waals surface area contributed by atoms with Gasteiger partial charge >= 0.3 is 0 Å². The number of benzene rings is 1. The smallest absolute Gasteiger partial charge is 0.252 e. The van der Waals surface area contributed by atoms with Gasteiger partial charge in [0.05, 0.1) is 17.1 Å². The monoisotopic (exact) mass is 311 g/mol. The van der Waals surface area contributed by atoms with Gasteiger partial charge in [0.2, 0.25) is 11.8 Å². The van der Waals surface area contributed by atoms with Crippen molar-refractivity contribution in [3.63, 3.8) is 0 Å². The topological polar surface area (TPSA) is 78.5 Å². The summed E-state index contributed by atoms with van der Waals surface area (Å²) in [5.74, 6) is -0.828. The van der Waals surface area contributed by atoms with E-state index in [2.05, 4.69) is 10.6 Å². The van der Waals surface area contributed by atoms with Crippen LogP contribution in [0.4, 0.5) is 0 Å². The maximum Gasteiger partial charge on any atom is 0.252 e. The third-order valence-corrected chi connectivity index (χ3v) is 3.02. The Hall–Kier alpha value is -2.08. The van der Waals surface area contributed by atoms with E-state index in [9.17, 15) is 14.4 Å². The van der Waals surface area contributed by atoms with E-state index in [0.29, 0.717) is 10.6 Å². The van der Waals surface area contributed by atoms with Crippen LogP contribution in [0.2, 0.25) is 5.02 Å². The molecule has 0 bridgehead atoms. The number of hydrogen-bond donors (Lipinski definition) is 2. The van der Waals surface area contributed by atoms with Crippen molar-refractivity contribution in [3.8, 4) is 0 Å². The zero-order chi connectivity index (χ0) is 15.8. The van der Waals surface area contributed by atoms with E-state index in [1.807, 2.05) is 0 Å². The summed E-state index contributed by atoms with van der Waals surface area (Å²) < 4.78 is 0. The number of carbonyl (C=O) groups excluding carboxylic acids is 3. The fourth-order valence-electron chi connectivity index (χ4n) is 1.45. The van der Waals surface area contributed by atoms with Crippen LogP contribution in [0, 0.1) is 0 Å². The third kappa shape index (κ3) is 5.83. The van der Waals surface area contributed by atoms with Crippen LogP contribution in [0.25, 0.3) is 0 Å². The SMILES string of the molecule is CN(C)C(=O)CNC(=O)CCNC(=O)c1ccccc1Cl. The van der Waals surface area contributed by atoms with Gasteiger partial charge in [-0.2, -0.15) is 0 Å². The number of nitrogens with zero attached hydrogens (tertiary/aromatic N) is 1. The zero-order valence-electron chi connectivity index (χ0n) is 12.0. The molecular weight excluding hydrogens is 294 g/mol. The van der Waals surface area contributed by atoms with Gasteiger partial charge in [0.1, 0.15) is 0 Å². The molecule has 114 valence electrons. The molecule has 21 heavy (non-hydrogen) atoms. The maximum atomic E-state index is 11.8. The normalized spacial score (nSPS) is 9.86. The number of nitrogens with one attached hydrogen (secondary N) is 2. The second-order valence-electron chi connectivity index (χ2n) is 4.55. The molecule has 0 saturated heterocycles. The Labute approximate surface area is 128 Å². The highest BCUT2D eigenvalue weighted by Crippen LogP contribution is 2.14. The van der Waals surface area contributed by atoms with E-state index in [4.69, 9.17) is 11.6 Å². The molecule has 0 atom stereocenters. The summed E-state index contributed by atoms with van der Waals surface area (Å²) in [7, 11) is 3.22. The van der Waals surface area contributed by atoms with Crippen LogP contribution in [-0.4, -0.2) is 49.8 Å². The number of hydrogen-bond acceptors (Lipinski definition) is 3. The molecule has 0 aliphatic carbocycles. The molecule has 0 saturated carbocycles. The summed E-state index contributed by atoms with van der Waals surface area (Å²) in [6.45, 7) is 0.121. The Bertz CT molecular complexity index is 532. The highest BCUT2D eigenvalue weighted by atomic mass is 35.5. The summed E-state index contributed by atoms with van der Waals surface area (Å²) in [6.07, 6.45) is 0.0941. The van der Waals surface area contributed by atoms with Crippen molar-refractivity contribution in [2.24, 2.45) is 0 Å². The predicted octanol–water partition coefficient (Wildman–Crippen LogP) is 0.664. The first kappa shape index (κ1) is 17.0. The lowest BCUT2D eigenvalue weighted by molar-refractivity contribution is -0.130. The Morgan fingerprint density at radius 2 is 1.81 bits per heavy atom. The third-order valence-electron chi connectivity index (χ3n) is 2.69. The highest BCUT2D eigenvalue weighted by Gasteiger charge is 2.10. The maximum absolute atomic E-state index is 11.8. The summed E-state index contributed by atoms with van der Waals surface area (Å²) in [5, 5.41) is 5.44. The average molecular weight is 312 g/mol. The number of amides is 3.